The number of nitrogens with one attached hydrogen (secondary N) is 1. The molecule has 0 bridgehead atoms. The van der Waals surface area contributed by atoms with Crippen LogP contribution in [-0.4, -0.2) is 44.5 Å². The summed E-state index contributed by atoms with van der Waals surface area (Å²) >= 11 is 0. The van der Waals surface area contributed by atoms with Crippen molar-refractivity contribution in [1.82, 2.24) is 5.32 Å². The van der Waals surface area contributed by atoms with Crippen LogP contribution in [-0.2, 0) is 23.8 Å². The lowest BCUT2D eigenvalue weighted by molar-refractivity contribution is -0.154. The maximum absolute atomic E-state index is 11.4. The molecule has 1 rings (SSSR count). The summed E-state index contributed by atoms with van der Waals surface area (Å²) in [5.41, 5.74) is -0.190. The van der Waals surface area contributed by atoms with Crippen LogP contribution in [0.25, 0.3) is 0 Å². The van der Waals surface area contributed by atoms with Gasteiger partial charge in [-0.25, -0.2) is 9.59 Å². The Balaban J connectivity index is 2.39. The summed E-state index contributed by atoms with van der Waals surface area (Å²) in [5, 5.41) is 11.5. The normalized spacial score (nSPS) is 19.1. The number of carbonyl (C=O) groups excluding carboxylic acids is 2. The highest BCUT2D eigenvalue weighted by Gasteiger charge is 2.24. The predicted molar refractivity (Wildman–Crippen MR) is 59.0 cm³/mol. The first-order valence-electron chi connectivity index (χ1n) is 5.48. The molecular weight excluding hydrogens is 240 g/mol. The van der Waals surface area contributed by atoms with Gasteiger partial charge in [-0.15, -0.1) is 0 Å². The zero-order chi connectivity index (χ0) is 13.4. The summed E-state index contributed by atoms with van der Waals surface area (Å²) < 4.78 is 14.5. The Morgan fingerprint density at radius 1 is 1.56 bits per heavy atom. The van der Waals surface area contributed by atoms with Gasteiger partial charge in [0.05, 0.1) is 13.2 Å². The molecule has 1 aliphatic rings. The first kappa shape index (κ1) is 14.2. The lowest BCUT2D eigenvalue weighted by atomic mass is 10.3. The van der Waals surface area contributed by atoms with E-state index in [4.69, 9.17) is 14.7 Å². The van der Waals surface area contributed by atoms with Crippen molar-refractivity contribution in [3.8, 4) is 6.07 Å². The molecule has 0 spiro atoms. The topological polar surface area (TPSA) is 97.7 Å². The van der Waals surface area contributed by atoms with E-state index in [0.29, 0.717) is 13.2 Å². The summed E-state index contributed by atoms with van der Waals surface area (Å²) in [4.78, 5) is 22.6. The van der Waals surface area contributed by atoms with E-state index in [1.165, 1.54) is 6.08 Å². The molecule has 7 nitrogen and oxygen atoms in total. The van der Waals surface area contributed by atoms with Crippen LogP contribution in [0.4, 0.5) is 0 Å². The van der Waals surface area contributed by atoms with Gasteiger partial charge in [-0.1, -0.05) is 0 Å². The Labute approximate surface area is 104 Å². The molecule has 1 atom stereocenters. The zero-order valence-corrected chi connectivity index (χ0v) is 9.97. The Hall–Kier alpha value is -1.91. The highest BCUT2D eigenvalue weighted by molar-refractivity contribution is 5.92. The van der Waals surface area contributed by atoms with Gasteiger partial charge in [0.1, 0.15) is 18.2 Å². The lowest BCUT2D eigenvalue weighted by Gasteiger charge is -2.08. The highest BCUT2D eigenvalue weighted by atomic mass is 16.6. The molecule has 1 heterocycles. The predicted octanol–water partition coefficient (Wildman–Crippen LogP) is -0.511. The fourth-order valence-electron chi connectivity index (χ4n) is 1.24. The van der Waals surface area contributed by atoms with Gasteiger partial charge in [-0.3, -0.25) is 5.32 Å². The Bertz CT molecular complexity index is 379. The number of rotatable bonds is 5. The van der Waals surface area contributed by atoms with Gasteiger partial charge in [0, 0.05) is 6.54 Å². The van der Waals surface area contributed by atoms with Crippen LogP contribution in [0.5, 0.6) is 0 Å². The molecule has 1 aliphatic heterocycles. The summed E-state index contributed by atoms with van der Waals surface area (Å²) in [5.74, 6) is -1.31. The molecule has 18 heavy (non-hydrogen) atoms. The molecule has 1 saturated heterocycles. The van der Waals surface area contributed by atoms with Crippen LogP contribution in [0.2, 0.25) is 0 Å². The second-order valence-corrected chi connectivity index (χ2v) is 3.29. The zero-order valence-electron chi connectivity index (χ0n) is 9.97. The van der Waals surface area contributed by atoms with Crippen molar-refractivity contribution in [2.75, 3.05) is 26.4 Å². The Morgan fingerprint density at radius 2 is 2.33 bits per heavy atom. The standard InChI is InChI=1S/C11H14N2O5/c1-2-16-10(14)8(7-12)3-5-18-11(15)9-13-4-6-17-9/h3,9,13H,2,4-6H2,1H3. The largest absolute Gasteiger partial charge is 0.462 e. The Kier molecular flexibility index (Phi) is 5.84. The van der Waals surface area contributed by atoms with Crippen molar-refractivity contribution in [3.63, 3.8) is 0 Å². The van der Waals surface area contributed by atoms with Crippen molar-refractivity contribution < 1.29 is 23.8 Å². The van der Waals surface area contributed by atoms with Crippen LogP contribution in [0.1, 0.15) is 6.92 Å². The first-order valence-corrected chi connectivity index (χ1v) is 5.48. The number of nitriles is 1. The molecule has 0 radical (unpaired) electrons. The smallest absolute Gasteiger partial charge is 0.350 e. The quantitative estimate of drug-likeness (QED) is 0.401. The lowest BCUT2D eigenvalue weighted by Crippen LogP contribution is -2.33. The fraction of sp³-hybridized carbons (Fsp3) is 0.545. The van der Waals surface area contributed by atoms with Gasteiger partial charge < -0.3 is 14.2 Å². The second-order valence-electron chi connectivity index (χ2n) is 3.29. The van der Waals surface area contributed by atoms with Crippen LogP contribution in [0, 0.1) is 11.3 Å². The number of esters is 2. The van der Waals surface area contributed by atoms with E-state index in [1.54, 1.807) is 13.0 Å². The average molecular weight is 254 g/mol. The minimum Gasteiger partial charge on any atom is -0.462 e. The molecule has 98 valence electrons. The van der Waals surface area contributed by atoms with Crippen molar-refractivity contribution in [3.05, 3.63) is 11.6 Å². The molecule has 0 amide bonds. The van der Waals surface area contributed by atoms with Crippen LogP contribution >= 0.6 is 0 Å². The van der Waals surface area contributed by atoms with Crippen LogP contribution < -0.4 is 5.32 Å². The monoisotopic (exact) mass is 254 g/mol. The number of nitrogens with zero attached hydrogens (tertiary/aromatic N) is 1. The highest BCUT2D eigenvalue weighted by Crippen LogP contribution is 2.00. The number of carbonyl (C=O) groups is 2. The third-order valence-electron chi connectivity index (χ3n) is 2.06. The molecule has 0 aromatic rings. The molecule has 0 saturated carbocycles. The number of hydrogen-bond acceptors (Lipinski definition) is 7. The molecule has 0 aromatic carbocycles. The maximum Gasteiger partial charge on any atom is 0.350 e. The van der Waals surface area contributed by atoms with E-state index in [9.17, 15) is 9.59 Å². The minimum atomic E-state index is -0.772. The summed E-state index contributed by atoms with van der Waals surface area (Å²) in [7, 11) is 0. The van der Waals surface area contributed by atoms with Crippen molar-refractivity contribution >= 4 is 11.9 Å². The van der Waals surface area contributed by atoms with E-state index in [1.807, 2.05) is 0 Å². The van der Waals surface area contributed by atoms with Gasteiger partial charge in [0.15, 0.2) is 0 Å². The fourth-order valence-corrected chi connectivity index (χ4v) is 1.24. The van der Waals surface area contributed by atoms with Gasteiger partial charge in [-0.2, -0.15) is 5.26 Å². The maximum atomic E-state index is 11.4. The molecule has 0 aromatic heterocycles. The van der Waals surface area contributed by atoms with Gasteiger partial charge in [0.25, 0.3) is 0 Å². The minimum absolute atomic E-state index is 0.178. The molecular formula is C11H14N2O5. The molecule has 7 heteroatoms. The number of hydrogen-bond donors (Lipinski definition) is 1. The summed E-state index contributed by atoms with van der Waals surface area (Å²) in [6.45, 7) is 2.67. The van der Waals surface area contributed by atoms with Crippen molar-refractivity contribution in [2.24, 2.45) is 0 Å². The Morgan fingerprint density at radius 3 is 2.89 bits per heavy atom. The van der Waals surface area contributed by atoms with E-state index in [2.05, 4.69) is 10.1 Å². The van der Waals surface area contributed by atoms with E-state index >= 15 is 0 Å². The third-order valence-corrected chi connectivity index (χ3v) is 2.06. The third kappa shape index (κ3) is 4.16. The van der Waals surface area contributed by atoms with Gasteiger partial charge in [0.2, 0.25) is 6.23 Å². The van der Waals surface area contributed by atoms with E-state index < -0.39 is 18.2 Å². The van der Waals surface area contributed by atoms with Gasteiger partial charge >= 0.3 is 11.9 Å². The average Bonchev–Trinajstić information content (AvgIpc) is 2.88. The van der Waals surface area contributed by atoms with Crippen LogP contribution in [0.3, 0.4) is 0 Å². The molecule has 0 aliphatic carbocycles. The molecule has 1 unspecified atom stereocenters. The summed E-state index contributed by atoms with van der Waals surface area (Å²) in [6, 6.07) is 1.68. The molecule has 1 N–H and O–H groups in total. The van der Waals surface area contributed by atoms with E-state index in [-0.39, 0.29) is 18.8 Å². The number of ether oxygens (including phenoxy) is 3. The van der Waals surface area contributed by atoms with Crippen LogP contribution in [0.15, 0.2) is 11.6 Å². The first-order chi connectivity index (χ1) is 8.69. The second kappa shape index (κ2) is 7.42. The van der Waals surface area contributed by atoms with Gasteiger partial charge in [-0.05, 0) is 13.0 Å². The van der Waals surface area contributed by atoms with E-state index in [0.717, 1.165) is 0 Å². The molecule has 1 fully saturated rings. The SMILES string of the molecule is CCOC(=O)C(C#N)=CCOC(=O)C1NCCO1. The summed E-state index contributed by atoms with van der Waals surface area (Å²) in [6.07, 6.45) is 0.428. The van der Waals surface area contributed by atoms with Crippen molar-refractivity contribution in [2.45, 2.75) is 13.2 Å². The van der Waals surface area contributed by atoms with Crippen molar-refractivity contribution in [1.29, 1.82) is 5.26 Å².